The first-order chi connectivity index (χ1) is 10.3. The second kappa shape index (κ2) is 5.64. The van der Waals surface area contributed by atoms with Crippen molar-refractivity contribution in [3.63, 3.8) is 0 Å². The summed E-state index contributed by atoms with van der Waals surface area (Å²) in [5, 5.41) is 0. The molecule has 2 heteroatoms. The van der Waals surface area contributed by atoms with Crippen molar-refractivity contribution in [2.45, 2.75) is 45.1 Å². The van der Waals surface area contributed by atoms with Crippen molar-refractivity contribution in [3.8, 4) is 0 Å². The summed E-state index contributed by atoms with van der Waals surface area (Å²) in [5.74, 6) is 2.10. The first-order valence-corrected chi connectivity index (χ1v) is 8.92. The third-order valence-electron chi connectivity index (χ3n) is 6.20. The van der Waals surface area contributed by atoms with Gasteiger partial charge < -0.3 is 4.90 Å². The van der Waals surface area contributed by atoms with Crippen molar-refractivity contribution in [1.82, 2.24) is 4.90 Å². The van der Waals surface area contributed by atoms with E-state index in [0.717, 1.165) is 24.3 Å². The van der Waals surface area contributed by atoms with Crippen LogP contribution in [0.5, 0.6) is 0 Å². The van der Waals surface area contributed by atoms with E-state index in [4.69, 9.17) is 0 Å². The molecule has 3 fully saturated rings. The van der Waals surface area contributed by atoms with E-state index < -0.39 is 0 Å². The molecule has 1 saturated heterocycles. The van der Waals surface area contributed by atoms with Crippen LogP contribution in [0.25, 0.3) is 0 Å². The van der Waals surface area contributed by atoms with Gasteiger partial charge in [-0.2, -0.15) is 0 Å². The number of nitrogens with zero attached hydrogens (tertiary/aromatic N) is 2. The number of benzene rings is 1. The molecule has 114 valence electrons. The van der Waals surface area contributed by atoms with Crippen molar-refractivity contribution in [2.75, 3.05) is 31.1 Å². The maximum atomic E-state index is 2.81. The number of aryl methyl sites for hydroxylation is 1. The summed E-state index contributed by atoms with van der Waals surface area (Å²) in [5.41, 5.74) is 2.98. The molecule has 2 saturated carbocycles. The largest absolute Gasteiger partial charge is 0.369 e. The maximum Gasteiger partial charge on any atom is 0.0399 e. The summed E-state index contributed by atoms with van der Waals surface area (Å²) in [6.07, 6.45) is 7.20. The minimum absolute atomic E-state index is 0.923. The number of rotatable bonds is 3. The fraction of sp³-hybridized carbons (Fsp3) is 0.684. The van der Waals surface area contributed by atoms with Crippen LogP contribution in [0.15, 0.2) is 24.3 Å². The molecular formula is C19H28N2. The van der Waals surface area contributed by atoms with Gasteiger partial charge in [-0.05, 0) is 49.1 Å². The van der Waals surface area contributed by atoms with Crippen LogP contribution in [0.4, 0.5) is 5.69 Å². The molecule has 0 aromatic heterocycles. The van der Waals surface area contributed by atoms with Crippen LogP contribution in [-0.2, 0) is 6.42 Å². The van der Waals surface area contributed by atoms with E-state index in [2.05, 4.69) is 41.0 Å². The smallest absolute Gasteiger partial charge is 0.0399 e. The Morgan fingerprint density at radius 2 is 1.81 bits per heavy atom. The Bertz CT molecular complexity index is 490. The van der Waals surface area contributed by atoms with Gasteiger partial charge in [-0.3, -0.25) is 4.90 Å². The predicted molar refractivity (Wildman–Crippen MR) is 88.8 cm³/mol. The van der Waals surface area contributed by atoms with Gasteiger partial charge in [-0.15, -0.1) is 0 Å². The van der Waals surface area contributed by atoms with Crippen LogP contribution in [0.1, 0.15) is 38.2 Å². The second-order valence-corrected chi connectivity index (χ2v) is 7.25. The molecule has 0 unspecified atom stereocenters. The molecule has 1 aromatic carbocycles. The lowest BCUT2D eigenvalue weighted by atomic mass is 9.93. The van der Waals surface area contributed by atoms with Crippen LogP contribution in [0.2, 0.25) is 0 Å². The van der Waals surface area contributed by atoms with E-state index in [0.29, 0.717) is 0 Å². The van der Waals surface area contributed by atoms with Crippen LogP contribution >= 0.6 is 0 Å². The van der Waals surface area contributed by atoms with Gasteiger partial charge in [0, 0.05) is 37.9 Å². The number of hydrogen-bond acceptors (Lipinski definition) is 2. The zero-order valence-corrected chi connectivity index (χ0v) is 13.3. The summed E-state index contributed by atoms with van der Waals surface area (Å²) in [6.45, 7) is 7.23. The van der Waals surface area contributed by atoms with E-state index in [1.165, 1.54) is 63.1 Å². The Hall–Kier alpha value is -1.02. The monoisotopic (exact) mass is 284 g/mol. The second-order valence-electron chi connectivity index (χ2n) is 7.25. The molecule has 21 heavy (non-hydrogen) atoms. The maximum absolute atomic E-state index is 2.81. The molecule has 0 radical (unpaired) electrons. The Kier molecular flexibility index (Phi) is 3.66. The Morgan fingerprint density at radius 1 is 1.00 bits per heavy atom. The number of fused-ring (bicyclic) bond motifs is 2. The number of para-hydroxylation sites is 1. The summed E-state index contributed by atoms with van der Waals surface area (Å²) in [6, 6.07) is 9.89. The van der Waals surface area contributed by atoms with Crippen LogP contribution in [0, 0.1) is 11.8 Å². The van der Waals surface area contributed by atoms with Gasteiger partial charge in [0.15, 0.2) is 0 Å². The molecule has 1 aromatic rings. The van der Waals surface area contributed by atoms with Crippen molar-refractivity contribution in [3.05, 3.63) is 29.8 Å². The first-order valence-electron chi connectivity index (χ1n) is 8.92. The van der Waals surface area contributed by atoms with E-state index >= 15 is 0 Å². The average molecular weight is 284 g/mol. The molecule has 2 aliphatic carbocycles. The number of piperazine rings is 1. The molecule has 1 aliphatic heterocycles. The summed E-state index contributed by atoms with van der Waals surface area (Å²) in [7, 11) is 0. The molecule has 0 spiro atoms. The van der Waals surface area contributed by atoms with E-state index in [-0.39, 0.29) is 0 Å². The van der Waals surface area contributed by atoms with Crippen LogP contribution < -0.4 is 4.90 Å². The minimum Gasteiger partial charge on any atom is -0.369 e. The van der Waals surface area contributed by atoms with Gasteiger partial charge in [-0.1, -0.05) is 31.5 Å². The highest BCUT2D eigenvalue weighted by atomic mass is 15.3. The molecule has 3 atom stereocenters. The fourth-order valence-corrected chi connectivity index (χ4v) is 5.07. The minimum atomic E-state index is 0.923. The highest BCUT2D eigenvalue weighted by molar-refractivity contribution is 5.54. The van der Waals surface area contributed by atoms with Gasteiger partial charge in [0.05, 0.1) is 0 Å². The third-order valence-corrected chi connectivity index (χ3v) is 6.20. The van der Waals surface area contributed by atoms with Crippen molar-refractivity contribution >= 4 is 5.69 Å². The molecular weight excluding hydrogens is 256 g/mol. The SMILES string of the molecule is CCc1ccccc1N1CCN([C@H]2C[C@H]3CC[C@H]2C3)CC1. The average Bonchev–Trinajstić information content (AvgIpc) is 3.18. The van der Waals surface area contributed by atoms with Gasteiger partial charge >= 0.3 is 0 Å². The van der Waals surface area contributed by atoms with Crippen LogP contribution in [0.3, 0.4) is 0 Å². The first kappa shape index (κ1) is 13.6. The Morgan fingerprint density at radius 3 is 2.48 bits per heavy atom. The zero-order valence-electron chi connectivity index (χ0n) is 13.3. The lowest BCUT2D eigenvalue weighted by Crippen LogP contribution is -2.52. The van der Waals surface area contributed by atoms with Crippen molar-refractivity contribution < 1.29 is 0 Å². The predicted octanol–water partition coefficient (Wildman–Crippen LogP) is 3.56. The van der Waals surface area contributed by atoms with Crippen molar-refractivity contribution in [2.24, 2.45) is 11.8 Å². The van der Waals surface area contributed by atoms with E-state index in [1.807, 2.05) is 0 Å². The molecule has 4 rings (SSSR count). The fourth-order valence-electron chi connectivity index (χ4n) is 5.07. The quantitative estimate of drug-likeness (QED) is 0.837. The molecule has 0 amide bonds. The number of anilines is 1. The van der Waals surface area contributed by atoms with Gasteiger partial charge in [0.2, 0.25) is 0 Å². The lowest BCUT2D eigenvalue weighted by molar-refractivity contribution is 0.135. The highest BCUT2D eigenvalue weighted by Crippen LogP contribution is 2.46. The lowest BCUT2D eigenvalue weighted by Gasteiger charge is -2.42. The molecule has 2 nitrogen and oxygen atoms in total. The number of hydrogen-bond donors (Lipinski definition) is 0. The standard InChI is InChI=1S/C19H28N2/c1-2-16-5-3-4-6-18(16)20-9-11-21(12-10-20)19-14-15-7-8-17(19)13-15/h3-6,15,17,19H,2,7-14H2,1H3/t15-,17-,19-/m0/s1. The Labute approximate surface area is 129 Å². The molecule has 2 bridgehead atoms. The van der Waals surface area contributed by atoms with E-state index in [1.54, 1.807) is 0 Å². The summed E-state index contributed by atoms with van der Waals surface area (Å²) >= 11 is 0. The van der Waals surface area contributed by atoms with Crippen LogP contribution in [-0.4, -0.2) is 37.1 Å². The molecule has 1 heterocycles. The molecule has 3 aliphatic rings. The topological polar surface area (TPSA) is 6.48 Å². The van der Waals surface area contributed by atoms with Crippen molar-refractivity contribution in [1.29, 1.82) is 0 Å². The molecule has 0 N–H and O–H groups in total. The normalized spacial score (nSPS) is 32.8. The van der Waals surface area contributed by atoms with Gasteiger partial charge in [-0.25, -0.2) is 0 Å². The van der Waals surface area contributed by atoms with Gasteiger partial charge in [0.25, 0.3) is 0 Å². The van der Waals surface area contributed by atoms with Gasteiger partial charge in [0.1, 0.15) is 0 Å². The summed E-state index contributed by atoms with van der Waals surface area (Å²) in [4.78, 5) is 5.43. The highest BCUT2D eigenvalue weighted by Gasteiger charge is 2.42. The summed E-state index contributed by atoms with van der Waals surface area (Å²) < 4.78 is 0. The van der Waals surface area contributed by atoms with E-state index in [9.17, 15) is 0 Å². The third kappa shape index (κ3) is 2.48. The Balaban J connectivity index is 1.40. The zero-order chi connectivity index (χ0) is 14.2.